The highest BCUT2D eigenvalue weighted by atomic mass is 16.5. The summed E-state index contributed by atoms with van der Waals surface area (Å²) in [6, 6.07) is 18.8. The molecule has 0 amide bonds. The Hall–Kier alpha value is -3.48. The third-order valence-electron chi connectivity index (χ3n) is 5.97. The summed E-state index contributed by atoms with van der Waals surface area (Å²) < 4.78 is 7.24. The number of rotatable bonds is 9. The van der Waals surface area contributed by atoms with Crippen LogP contribution in [-0.4, -0.2) is 55.6 Å². The molecule has 4 rings (SSSR count). The van der Waals surface area contributed by atoms with Crippen molar-refractivity contribution in [3.8, 4) is 11.4 Å². The molecule has 33 heavy (non-hydrogen) atoms. The molecule has 1 saturated heterocycles. The normalized spacial score (nSPS) is 16.1. The summed E-state index contributed by atoms with van der Waals surface area (Å²) >= 11 is 0. The van der Waals surface area contributed by atoms with Crippen LogP contribution in [0.15, 0.2) is 72.0 Å². The van der Waals surface area contributed by atoms with Crippen LogP contribution in [0.5, 0.6) is 5.75 Å². The lowest BCUT2D eigenvalue weighted by molar-refractivity contribution is 0.415. The lowest BCUT2D eigenvalue weighted by Gasteiger charge is -2.19. The number of nitrogens with zero attached hydrogens (tertiary/aromatic N) is 4. The van der Waals surface area contributed by atoms with Gasteiger partial charge in [-0.25, -0.2) is 4.68 Å². The summed E-state index contributed by atoms with van der Waals surface area (Å²) in [7, 11) is 1.71. The average molecular weight is 447 g/mol. The fourth-order valence-electron chi connectivity index (χ4n) is 4.15. The predicted molar refractivity (Wildman–Crippen MR) is 135 cm³/mol. The van der Waals surface area contributed by atoms with E-state index in [1.165, 1.54) is 11.3 Å². The van der Waals surface area contributed by atoms with Crippen molar-refractivity contribution in [2.45, 2.75) is 19.8 Å². The number of guanidine groups is 1. The topological polar surface area (TPSA) is 66.7 Å². The van der Waals surface area contributed by atoms with Gasteiger partial charge in [-0.05, 0) is 61.6 Å². The minimum absolute atomic E-state index is 0.557. The summed E-state index contributed by atoms with van der Waals surface area (Å²) in [6.45, 7) is 6.71. The van der Waals surface area contributed by atoms with E-state index in [0.717, 1.165) is 63.0 Å². The van der Waals surface area contributed by atoms with Crippen molar-refractivity contribution >= 4 is 11.6 Å². The van der Waals surface area contributed by atoms with Gasteiger partial charge in [0.15, 0.2) is 5.96 Å². The molecule has 1 aliphatic rings. The highest BCUT2D eigenvalue weighted by Crippen LogP contribution is 2.27. The zero-order chi connectivity index (χ0) is 22.9. The van der Waals surface area contributed by atoms with Gasteiger partial charge < -0.3 is 20.3 Å². The van der Waals surface area contributed by atoms with Crippen LogP contribution in [0.1, 0.15) is 18.9 Å². The van der Waals surface area contributed by atoms with Crippen molar-refractivity contribution in [1.82, 2.24) is 20.4 Å². The van der Waals surface area contributed by atoms with Gasteiger partial charge in [-0.1, -0.05) is 18.2 Å². The van der Waals surface area contributed by atoms with Crippen LogP contribution < -0.4 is 20.3 Å². The summed E-state index contributed by atoms with van der Waals surface area (Å²) in [5.41, 5.74) is 3.59. The van der Waals surface area contributed by atoms with Gasteiger partial charge >= 0.3 is 0 Å². The molecule has 1 aliphatic heterocycles. The van der Waals surface area contributed by atoms with E-state index >= 15 is 0 Å². The fraction of sp³-hybridized carbons (Fsp3) is 0.385. The molecule has 2 aromatic carbocycles. The van der Waals surface area contributed by atoms with E-state index in [-0.39, 0.29) is 0 Å². The first-order chi connectivity index (χ1) is 16.2. The van der Waals surface area contributed by atoms with Gasteiger partial charge in [0.25, 0.3) is 0 Å². The molecule has 2 N–H and O–H groups in total. The first-order valence-corrected chi connectivity index (χ1v) is 11.8. The van der Waals surface area contributed by atoms with E-state index in [0.29, 0.717) is 5.92 Å². The van der Waals surface area contributed by atoms with Crippen LogP contribution in [0.3, 0.4) is 0 Å². The Kier molecular flexibility index (Phi) is 7.85. The van der Waals surface area contributed by atoms with Gasteiger partial charge in [-0.15, -0.1) is 0 Å². The molecule has 3 aromatic rings. The van der Waals surface area contributed by atoms with Crippen molar-refractivity contribution in [3.63, 3.8) is 0 Å². The first-order valence-electron chi connectivity index (χ1n) is 11.8. The van der Waals surface area contributed by atoms with Crippen LogP contribution in [0.4, 0.5) is 5.69 Å². The van der Waals surface area contributed by atoms with Crippen LogP contribution in [0.2, 0.25) is 0 Å². The standard InChI is InChI=1S/C26H34N6O/c1-3-27-26(28-15-12-21-8-10-23(11-9-21)32-16-5-14-30-32)29-19-22-13-17-31(20-22)24-6-4-7-25(18-24)33-2/h4-11,14,16,18,22H,3,12-13,15,17,19-20H2,1-2H3,(H2,27,28,29). The molecule has 7 nitrogen and oxygen atoms in total. The summed E-state index contributed by atoms with van der Waals surface area (Å²) in [5, 5.41) is 11.1. The Morgan fingerprint density at radius 3 is 2.76 bits per heavy atom. The zero-order valence-electron chi connectivity index (χ0n) is 19.6. The highest BCUT2D eigenvalue weighted by Gasteiger charge is 2.22. The third kappa shape index (κ3) is 6.28. The Morgan fingerprint density at radius 1 is 1.12 bits per heavy atom. The quantitative estimate of drug-likeness (QED) is 0.389. The number of hydrogen-bond acceptors (Lipinski definition) is 4. The molecular weight excluding hydrogens is 412 g/mol. The second-order valence-corrected chi connectivity index (χ2v) is 8.32. The first kappa shape index (κ1) is 22.7. The van der Waals surface area contributed by atoms with Crippen LogP contribution >= 0.6 is 0 Å². The van der Waals surface area contributed by atoms with Crippen molar-refractivity contribution in [3.05, 3.63) is 72.6 Å². The fourth-order valence-corrected chi connectivity index (χ4v) is 4.15. The molecule has 0 spiro atoms. The van der Waals surface area contributed by atoms with E-state index in [9.17, 15) is 0 Å². The van der Waals surface area contributed by atoms with E-state index in [1.807, 2.05) is 23.0 Å². The maximum atomic E-state index is 5.37. The molecular formula is C26H34N6O. The maximum Gasteiger partial charge on any atom is 0.191 e. The third-order valence-corrected chi connectivity index (χ3v) is 5.97. The molecule has 0 radical (unpaired) electrons. The van der Waals surface area contributed by atoms with Gasteiger partial charge in [0.2, 0.25) is 0 Å². The minimum Gasteiger partial charge on any atom is -0.497 e. The summed E-state index contributed by atoms with van der Waals surface area (Å²) in [6.07, 6.45) is 5.84. The Bertz CT molecular complexity index is 1020. The number of ether oxygens (including phenoxy) is 1. The Morgan fingerprint density at radius 2 is 2.00 bits per heavy atom. The average Bonchev–Trinajstić information content (AvgIpc) is 3.56. The summed E-state index contributed by atoms with van der Waals surface area (Å²) in [5.74, 6) is 2.36. The number of nitrogens with one attached hydrogen (secondary N) is 2. The molecule has 1 aromatic heterocycles. The second-order valence-electron chi connectivity index (χ2n) is 8.32. The van der Waals surface area contributed by atoms with Gasteiger partial charge in [-0.2, -0.15) is 5.10 Å². The maximum absolute atomic E-state index is 5.37. The molecule has 1 unspecified atom stereocenters. The van der Waals surface area contributed by atoms with Crippen molar-refractivity contribution in [1.29, 1.82) is 0 Å². The number of aromatic nitrogens is 2. The number of benzene rings is 2. The minimum atomic E-state index is 0.557. The SMILES string of the molecule is CCNC(=NCC1CCN(c2cccc(OC)c2)C1)NCCc1ccc(-n2cccn2)cc1. The predicted octanol–water partition coefficient (Wildman–Crippen LogP) is 3.51. The second kappa shape index (κ2) is 11.4. The van der Waals surface area contributed by atoms with Gasteiger partial charge in [-0.3, -0.25) is 4.99 Å². The molecule has 1 fully saturated rings. The van der Waals surface area contributed by atoms with Crippen molar-refractivity contribution < 1.29 is 4.74 Å². The smallest absolute Gasteiger partial charge is 0.191 e. The van der Waals surface area contributed by atoms with Crippen molar-refractivity contribution in [2.75, 3.05) is 44.7 Å². The van der Waals surface area contributed by atoms with E-state index in [1.54, 1.807) is 13.3 Å². The molecule has 174 valence electrons. The number of hydrogen-bond donors (Lipinski definition) is 2. The van der Waals surface area contributed by atoms with Gasteiger partial charge in [0.1, 0.15) is 5.75 Å². The van der Waals surface area contributed by atoms with E-state index in [4.69, 9.17) is 9.73 Å². The summed E-state index contributed by atoms with van der Waals surface area (Å²) in [4.78, 5) is 7.29. The largest absolute Gasteiger partial charge is 0.497 e. The number of aliphatic imine (C=N–C) groups is 1. The molecule has 0 saturated carbocycles. The van der Waals surface area contributed by atoms with Gasteiger partial charge in [0.05, 0.1) is 12.8 Å². The van der Waals surface area contributed by atoms with Crippen LogP contribution in [-0.2, 0) is 6.42 Å². The monoisotopic (exact) mass is 446 g/mol. The highest BCUT2D eigenvalue weighted by molar-refractivity contribution is 5.79. The van der Waals surface area contributed by atoms with E-state index < -0.39 is 0 Å². The van der Waals surface area contributed by atoms with E-state index in [2.05, 4.69) is 70.0 Å². The zero-order valence-corrected chi connectivity index (χ0v) is 19.6. The lowest BCUT2D eigenvalue weighted by Crippen LogP contribution is -2.38. The Labute approximate surface area is 196 Å². The van der Waals surface area contributed by atoms with Crippen LogP contribution in [0.25, 0.3) is 5.69 Å². The van der Waals surface area contributed by atoms with Crippen molar-refractivity contribution in [2.24, 2.45) is 10.9 Å². The molecule has 7 heteroatoms. The van der Waals surface area contributed by atoms with Gasteiger partial charge in [0, 0.05) is 56.9 Å². The molecule has 1 atom stereocenters. The molecule has 2 heterocycles. The Balaban J connectivity index is 1.25. The number of methoxy groups -OCH3 is 1. The van der Waals surface area contributed by atoms with Crippen LogP contribution in [0, 0.1) is 5.92 Å². The molecule has 0 bridgehead atoms. The number of anilines is 1. The molecule has 0 aliphatic carbocycles. The lowest BCUT2D eigenvalue weighted by atomic mass is 10.1.